The van der Waals surface area contributed by atoms with Crippen LogP contribution in [0.4, 0.5) is 4.79 Å². The van der Waals surface area contributed by atoms with E-state index in [1.165, 1.54) is 20.8 Å². The third-order valence-corrected chi connectivity index (χ3v) is 1.73. The van der Waals surface area contributed by atoms with Crippen molar-refractivity contribution in [1.29, 1.82) is 0 Å². The zero-order valence-electron chi connectivity index (χ0n) is 10.6. The van der Waals surface area contributed by atoms with Crippen molar-refractivity contribution < 1.29 is 24.0 Å². The number of ketones is 1. The van der Waals surface area contributed by atoms with Gasteiger partial charge in [0.05, 0.1) is 6.54 Å². The number of Topliss-reactive ketones (excluding diaryl/α,β-unsaturated/α-hetero) is 1. The molecule has 0 heterocycles. The molecule has 0 saturated carbocycles. The summed E-state index contributed by atoms with van der Waals surface area (Å²) < 4.78 is 4.72. The van der Waals surface area contributed by atoms with Gasteiger partial charge in [-0.25, -0.2) is 9.59 Å². The molecule has 1 amide bonds. The highest BCUT2D eigenvalue weighted by Crippen LogP contribution is 1.91. The number of carbonyl (C=O) groups excluding carboxylic acids is 3. The molecule has 100 valence electrons. The van der Waals surface area contributed by atoms with Crippen molar-refractivity contribution in [2.24, 2.45) is 5.16 Å². The number of amides is 1. The average Bonchev–Trinajstić information content (AvgIpc) is 2.30. The molecule has 18 heavy (non-hydrogen) atoms. The standard InChI is InChI=1S/C11H16N2O5/c1-7(2)10(15)17-6-5-12-11(16)18-13-8(3)9(4)14/h1,5-6H2,2-4H3,(H,12,16)/b13-8+. The minimum atomic E-state index is -0.832. The molecule has 0 rings (SSSR count). The highest BCUT2D eigenvalue weighted by Gasteiger charge is 2.05. The predicted octanol–water partition coefficient (Wildman–Crippen LogP) is 0.797. The Balaban J connectivity index is 3.79. The summed E-state index contributed by atoms with van der Waals surface area (Å²) in [5.74, 6) is -0.825. The Morgan fingerprint density at radius 1 is 1.22 bits per heavy atom. The molecule has 0 aliphatic carbocycles. The number of rotatable bonds is 6. The molecular formula is C11H16N2O5. The minimum Gasteiger partial charge on any atom is -0.460 e. The van der Waals surface area contributed by atoms with Gasteiger partial charge in [-0.2, -0.15) is 0 Å². The van der Waals surface area contributed by atoms with Gasteiger partial charge in [-0.05, 0) is 13.8 Å². The van der Waals surface area contributed by atoms with Gasteiger partial charge in [0.2, 0.25) is 0 Å². The Hall–Kier alpha value is -2.18. The van der Waals surface area contributed by atoms with Crippen molar-refractivity contribution in [1.82, 2.24) is 5.32 Å². The van der Waals surface area contributed by atoms with E-state index in [1.807, 2.05) is 0 Å². The Kier molecular flexibility index (Phi) is 7.02. The van der Waals surface area contributed by atoms with Gasteiger partial charge in [0.25, 0.3) is 0 Å². The molecule has 7 nitrogen and oxygen atoms in total. The van der Waals surface area contributed by atoms with Gasteiger partial charge in [0.15, 0.2) is 5.78 Å². The lowest BCUT2D eigenvalue weighted by Gasteiger charge is -2.04. The van der Waals surface area contributed by atoms with Crippen LogP contribution in [0.25, 0.3) is 0 Å². The molecular weight excluding hydrogens is 240 g/mol. The fourth-order valence-corrected chi connectivity index (χ4v) is 0.626. The second kappa shape index (κ2) is 7.99. The predicted molar refractivity (Wildman–Crippen MR) is 64.0 cm³/mol. The molecule has 0 aliphatic rings. The molecule has 0 aromatic heterocycles. The minimum absolute atomic E-state index is 0.00377. The normalized spacial score (nSPS) is 10.5. The van der Waals surface area contributed by atoms with Crippen molar-refractivity contribution in [2.45, 2.75) is 20.8 Å². The van der Waals surface area contributed by atoms with E-state index >= 15 is 0 Å². The zero-order chi connectivity index (χ0) is 14.1. The van der Waals surface area contributed by atoms with Crippen LogP contribution in [0, 0.1) is 0 Å². The van der Waals surface area contributed by atoms with Gasteiger partial charge < -0.3 is 10.1 Å². The van der Waals surface area contributed by atoms with Gasteiger partial charge in [0, 0.05) is 12.5 Å². The number of carbonyl (C=O) groups is 3. The smallest absolute Gasteiger partial charge is 0.433 e. The number of hydrogen-bond acceptors (Lipinski definition) is 6. The molecule has 0 radical (unpaired) electrons. The number of nitrogens with one attached hydrogen (secondary N) is 1. The maximum absolute atomic E-state index is 11.0. The summed E-state index contributed by atoms with van der Waals surface area (Å²) in [4.78, 5) is 37.1. The summed E-state index contributed by atoms with van der Waals surface area (Å²) in [5, 5.41) is 5.58. The number of esters is 1. The molecule has 0 bridgehead atoms. The summed E-state index contributed by atoms with van der Waals surface area (Å²) in [6, 6.07) is 0. The lowest BCUT2D eigenvalue weighted by Crippen LogP contribution is -2.28. The van der Waals surface area contributed by atoms with Crippen LogP contribution >= 0.6 is 0 Å². The molecule has 0 fully saturated rings. The summed E-state index contributed by atoms with van der Waals surface area (Å²) in [6.45, 7) is 7.71. The quantitative estimate of drug-likeness (QED) is 0.189. The fraction of sp³-hybridized carbons (Fsp3) is 0.455. The summed E-state index contributed by atoms with van der Waals surface area (Å²) in [5.41, 5.74) is 0.359. The van der Waals surface area contributed by atoms with Gasteiger partial charge in [-0.3, -0.25) is 9.63 Å². The maximum Gasteiger partial charge on any atom is 0.433 e. The lowest BCUT2D eigenvalue weighted by molar-refractivity contribution is -0.138. The van der Waals surface area contributed by atoms with Crippen LogP contribution in [0.5, 0.6) is 0 Å². The average molecular weight is 256 g/mol. The molecule has 0 spiro atoms. The summed E-state index contributed by atoms with van der Waals surface area (Å²) in [6.07, 6.45) is -0.832. The largest absolute Gasteiger partial charge is 0.460 e. The molecule has 0 saturated heterocycles. The van der Waals surface area contributed by atoms with Crippen molar-refractivity contribution in [2.75, 3.05) is 13.2 Å². The third-order valence-electron chi connectivity index (χ3n) is 1.73. The lowest BCUT2D eigenvalue weighted by atomic mass is 10.3. The first-order valence-electron chi connectivity index (χ1n) is 5.17. The molecule has 0 aliphatic heterocycles. The second-order valence-corrected chi connectivity index (χ2v) is 3.45. The zero-order valence-corrected chi connectivity index (χ0v) is 10.6. The fourth-order valence-electron chi connectivity index (χ4n) is 0.626. The monoisotopic (exact) mass is 256 g/mol. The number of hydrogen-bond donors (Lipinski definition) is 1. The Labute approximate surface area is 105 Å². The van der Waals surface area contributed by atoms with Crippen LogP contribution in [-0.4, -0.2) is 36.7 Å². The van der Waals surface area contributed by atoms with E-state index in [0.717, 1.165) is 0 Å². The maximum atomic E-state index is 11.0. The van der Waals surface area contributed by atoms with Gasteiger partial charge in [-0.1, -0.05) is 11.7 Å². The topological polar surface area (TPSA) is 94.1 Å². The highest BCUT2D eigenvalue weighted by molar-refractivity contribution is 6.37. The highest BCUT2D eigenvalue weighted by atomic mass is 16.7. The number of ether oxygens (including phenoxy) is 1. The Morgan fingerprint density at radius 2 is 1.83 bits per heavy atom. The van der Waals surface area contributed by atoms with E-state index < -0.39 is 12.1 Å². The van der Waals surface area contributed by atoms with Crippen LogP contribution < -0.4 is 5.32 Å². The summed E-state index contributed by atoms with van der Waals surface area (Å²) in [7, 11) is 0. The molecule has 0 aromatic carbocycles. The van der Waals surface area contributed by atoms with Crippen LogP contribution in [0.2, 0.25) is 0 Å². The molecule has 7 heteroatoms. The van der Waals surface area contributed by atoms with E-state index in [9.17, 15) is 14.4 Å². The third kappa shape index (κ3) is 7.15. The first-order chi connectivity index (χ1) is 8.34. The SMILES string of the molecule is C=C(C)C(=O)OCCNC(=O)O/N=C(\C)C(C)=O. The second-order valence-electron chi connectivity index (χ2n) is 3.45. The van der Waals surface area contributed by atoms with E-state index in [2.05, 4.69) is 21.9 Å². The van der Waals surface area contributed by atoms with Gasteiger partial charge in [0.1, 0.15) is 12.3 Å². The van der Waals surface area contributed by atoms with Crippen molar-refractivity contribution in [3.63, 3.8) is 0 Å². The molecule has 0 aromatic rings. The van der Waals surface area contributed by atoms with Crippen molar-refractivity contribution in [3.8, 4) is 0 Å². The van der Waals surface area contributed by atoms with Crippen molar-refractivity contribution in [3.05, 3.63) is 12.2 Å². The first kappa shape index (κ1) is 15.8. The van der Waals surface area contributed by atoms with E-state index in [4.69, 9.17) is 4.74 Å². The van der Waals surface area contributed by atoms with E-state index in [-0.39, 0.29) is 30.2 Å². The van der Waals surface area contributed by atoms with E-state index in [1.54, 1.807) is 0 Å². The van der Waals surface area contributed by atoms with Crippen LogP contribution in [0.3, 0.4) is 0 Å². The van der Waals surface area contributed by atoms with Gasteiger partial charge >= 0.3 is 12.1 Å². The van der Waals surface area contributed by atoms with Crippen LogP contribution in [-0.2, 0) is 19.2 Å². The first-order valence-corrected chi connectivity index (χ1v) is 5.17. The number of nitrogens with zero attached hydrogens (tertiary/aromatic N) is 1. The Bertz CT molecular complexity index is 387. The van der Waals surface area contributed by atoms with Crippen LogP contribution in [0.15, 0.2) is 17.3 Å². The van der Waals surface area contributed by atoms with E-state index in [0.29, 0.717) is 0 Å². The Morgan fingerprint density at radius 3 is 2.33 bits per heavy atom. The molecule has 1 N–H and O–H groups in total. The van der Waals surface area contributed by atoms with Crippen molar-refractivity contribution >= 4 is 23.6 Å². The number of oxime groups is 1. The van der Waals surface area contributed by atoms with Gasteiger partial charge in [-0.15, -0.1) is 0 Å². The molecule has 0 atom stereocenters. The molecule has 0 unspecified atom stereocenters. The van der Waals surface area contributed by atoms with Crippen LogP contribution in [0.1, 0.15) is 20.8 Å². The summed E-state index contributed by atoms with van der Waals surface area (Å²) >= 11 is 0.